The Morgan fingerprint density at radius 1 is 1.25 bits per heavy atom. The quantitative estimate of drug-likeness (QED) is 0.781. The number of hydrogen-bond donors (Lipinski definition) is 0. The van der Waals surface area contributed by atoms with Crippen LogP contribution in [-0.4, -0.2) is 18.1 Å². The maximum Gasteiger partial charge on any atom is 0.305 e. The molecule has 2 aromatic rings. The predicted molar refractivity (Wildman–Crippen MR) is 78.8 cm³/mol. The summed E-state index contributed by atoms with van der Waals surface area (Å²) in [6.07, 6.45) is 2.70. The zero-order valence-electron chi connectivity index (χ0n) is 11.0. The summed E-state index contributed by atoms with van der Waals surface area (Å²) < 4.78 is 11.1. The van der Waals surface area contributed by atoms with Crippen molar-refractivity contribution < 1.29 is 14.3 Å². The van der Waals surface area contributed by atoms with Gasteiger partial charge in [-0.15, -0.1) is 0 Å². The highest BCUT2D eigenvalue weighted by atomic mass is 79.9. The molecule has 2 rings (SSSR count). The van der Waals surface area contributed by atoms with Gasteiger partial charge < -0.3 is 9.47 Å². The normalized spacial score (nSPS) is 10.1. The molecular weight excluding hydrogens is 322 g/mol. The smallest absolute Gasteiger partial charge is 0.305 e. The molecule has 0 atom stereocenters. The van der Waals surface area contributed by atoms with Crippen LogP contribution in [0.2, 0.25) is 0 Å². The molecule has 0 radical (unpaired) electrons. The second kappa shape index (κ2) is 7.05. The van der Waals surface area contributed by atoms with Gasteiger partial charge in [-0.2, -0.15) is 0 Å². The van der Waals surface area contributed by atoms with Crippen molar-refractivity contribution in [3.8, 4) is 11.6 Å². The molecule has 20 heavy (non-hydrogen) atoms. The molecule has 0 aliphatic rings. The summed E-state index contributed by atoms with van der Waals surface area (Å²) in [6, 6.07) is 11.3. The molecule has 1 aromatic carbocycles. The van der Waals surface area contributed by atoms with E-state index in [1.54, 1.807) is 6.20 Å². The maximum atomic E-state index is 11.1. The van der Waals surface area contributed by atoms with Gasteiger partial charge in [-0.25, -0.2) is 4.98 Å². The molecule has 0 bridgehead atoms. The van der Waals surface area contributed by atoms with E-state index in [1.165, 1.54) is 7.11 Å². The number of aryl methyl sites for hydroxylation is 1. The van der Waals surface area contributed by atoms with Crippen LogP contribution in [0.4, 0.5) is 0 Å². The van der Waals surface area contributed by atoms with Crippen LogP contribution < -0.4 is 4.74 Å². The Kier molecular flexibility index (Phi) is 5.12. The lowest BCUT2D eigenvalue weighted by Crippen LogP contribution is -2.01. The molecule has 104 valence electrons. The molecule has 0 amide bonds. The summed E-state index contributed by atoms with van der Waals surface area (Å²) in [5.74, 6) is 1.02. The summed E-state index contributed by atoms with van der Waals surface area (Å²) in [4.78, 5) is 15.2. The van der Waals surface area contributed by atoms with Crippen LogP contribution in [0.25, 0.3) is 0 Å². The molecule has 1 heterocycles. The lowest BCUT2D eigenvalue weighted by Gasteiger charge is -2.07. The van der Waals surface area contributed by atoms with Crippen molar-refractivity contribution in [1.82, 2.24) is 4.98 Å². The first-order valence-corrected chi connectivity index (χ1v) is 6.92. The Labute approximate surface area is 125 Å². The van der Waals surface area contributed by atoms with Crippen LogP contribution in [0.15, 0.2) is 47.1 Å². The van der Waals surface area contributed by atoms with Gasteiger partial charge >= 0.3 is 5.97 Å². The van der Waals surface area contributed by atoms with Crippen molar-refractivity contribution in [1.29, 1.82) is 0 Å². The van der Waals surface area contributed by atoms with Crippen LogP contribution in [0.5, 0.6) is 11.6 Å². The molecule has 0 saturated heterocycles. The number of methoxy groups -OCH3 is 1. The van der Waals surface area contributed by atoms with Gasteiger partial charge in [-0.3, -0.25) is 4.79 Å². The maximum absolute atomic E-state index is 11.1. The second-order valence-corrected chi connectivity index (χ2v) is 4.97. The van der Waals surface area contributed by atoms with Gasteiger partial charge in [-0.05, 0) is 52.2 Å². The van der Waals surface area contributed by atoms with E-state index in [0.717, 1.165) is 10.0 Å². The summed E-state index contributed by atoms with van der Waals surface area (Å²) >= 11 is 3.38. The van der Waals surface area contributed by atoms with E-state index in [1.807, 2.05) is 36.4 Å². The van der Waals surface area contributed by atoms with E-state index in [9.17, 15) is 4.79 Å². The molecule has 0 aliphatic heterocycles. The number of halogens is 1. The predicted octanol–water partition coefficient (Wildman–Crippen LogP) is 3.74. The zero-order valence-corrected chi connectivity index (χ0v) is 12.6. The van der Waals surface area contributed by atoms with Crippen molar-refractivity contribution in [2.45, 2.75) is 12.8 Å². The third-order valence-corrected chi connectivity index (χ3v) is 3.31. The van der Waals surface area contributed by atoms with Gasteiger partial charge in [0.25, 0.3) is 0 Å². The highest BCUT2D eigenvalue weighted by molar-refractivity contribution is 9.10. The average molecular weight is 336 g/mol. The molecule has 0 fully saturated rings. The minimum absolute atomic E-state index is 0.206. The van der Waals surface area contributed by atoms with Crippen LogP contribution in [0.3, 0.4) is 0 Å². The van der Waals surface area contributed by atoms with E-state index in [4.69, 9.17) is 4.74 Å². The first-order valence-electron chi connectivity index (χ1n) is 6.13. The number of carbonyl (C=O) groups is 1. The highest BCUT2D eigenvalue weighted by Gasteiger charge is 2.04. The van der Waals surface area contributed by atoms with Crippen LogP contribution >= 0.6 is 15.9 Å². The number of nitrogens with zero attached hydrogens (tertiary/aromatic N) is 1. The van der Waals surface area contributed by atoms with Crippen molar-refractivity contribution in [2.24, 2.45) is 0 Å². The van der Waals surface area contributed by atoms with Gasteiger partial charge in [0, 0.05) is 12.6 Å². The standard InChI is InChI=1S/C15H14BrNO3/c1-19-14(18)9-6-11-4-7-12(8-5-11)20-15-13(16)3-2-10-17-15/h2-5,7-8,10H,6,9H2,1H3. The number of benzene rings is 1. The van der Waals surface area contributed by atoms with Crippen molar-refractivity contribution in [3.63, 3.8) is 0 Å². The Bertz CT molecular complexity index is 584. The lowest BCUT2D eigenvalue weighted by atomic mass is 10.1. The number of pyridine rings is 1. The molecule has 0 spiro atoms. The summed E-state index contributed by atoms with van der Waals surface area (Å²) in [7, 11) is 1.39. The van der Waals surface area contributed by atoms with Gasteiger partial charge in [0.05, 0.1) is 11.6 Å². The van der Waals surface area contributed by atoms with E-state index in [-0.39, 0.29) is 5.97 Å². The minimum atomic E-state index is -0.206. The van der Waals surface area contributed by atoms with Crippen molar-refractivity contribution in [3.05, 3.63) is 52.6 Å². The molecule has 0 unspecified atom stereocenters. The van der Waals surface area contributed by atoms with Crippen LogP contribution in [0.1, 0.15) is 12.0 Å². The SMILES string of the molecule is COC(=O)CCc1ccc(Oc2ncccc2Br)cc1. The van der Waals surface area contributed by atoms with Gasteiger partial charge in [0.1, 0.15) is 5.75 Å². The summed E-state index contributed by atoms with van der Waals surface area (Å²) in [5, 5.41) is 0. The number of ether oxygens (including phenoxy) is 2. The average Bonchev–Trinajstić information content (AvgIpc) is 2.48. The van der Waals surface area contributed by atoms with E-state index in [0.29, 0.717) is 24.5 Å². The van der Waals surface area contributed by atoms with Crippen molar-refractivity contribution in [2.75, 3.05) is 7.11 Å². The topological polar surface area (TPSA) is 48.4 Å². The zero-order chi connectivity index (χ0) is 14.4. The van der Waals surface area contributed by atoms with Gasteiger partial charge in [0.15, 0.2) is 0 Å². The molecule has 0 N–H and O–H groups in total. The molecular formula is C15H14BrNO3. The first-order chi connectivity index (χ1) is 9.69. The minimum Gasteiger partial charge on any atom is -0.469 e. The number of aromatic nitrogens is 1. The Hall–Kier alpha value is -1.88. The largest absolute Gasteiger partial charge is 0.469 e. The number of esters is 1. The van der Waals surface area contributed by atoms with Crippen molar-refractivity contribution >= 4 is 21.9 Å². The molecule has 4 nitrogen and oxygen atoms in total. The van der Waals surface area contributed by atoms with Crippen LogP contribution in [0, 0.1) is 0 Å². The fourth-order valence-electron chi connectivity index (χ4n) is 1.63. The van der Waals surface area contributed by atoms with E-state index < -0.39 is 0 Å². The third-order valence-electron chi connectivity index (χ3n) is 2.71. The fraction of sp³-hybridized carbons (Fsp3) is 0.200. The lowest BCUT2D eigenvalue weighted by molar-refractivity contribution is -0.140. The molecule has 5 heteroatoms. The Morgan fingerprint density at radius 2 is 2.00 bits per heavy atom. The summed E-state index contributed by atoms with van der Waals surface area (Å²) in [5.41, 5.74) is 1.06. The first kappa shape index (κ1) is 14.5. The number of rotatable bonds is 5. The Morgan fingerprint density at radius 3 is 2.65 bits per heavy atom. The molecule has 1 aromatic heterocycles. The fourth-order valence-corrected chi connectivity index (χ4v) is 1.97. The third kappa shape index (κ3) is 4.06. The molecule has 0 saturated carbocycles. The second-order valence-electron chi connectivity index (χ2n) is 4.11. The van der Waals surface area contributed by atoms with Crippen LogP contribution in [-0.2, 0) is 16.0 Å². The highest BCUT2D eigenvalue weighted by Crippen LogP contribution is 2.26. The van der Waals surface area contributed by atoms with Gasteiger partial charge in [0.2, 0.25) is 5.88 Å². The van der Waals surface area contributed by atoms with E-state index >= 15 is 0 Å². The molecule has 0 aliphatic carbocycles. The number of hydrogen-bond acceptors (Lipinski definition) is 4. The summed E-state index contributed by atoms with van der Waals surface area (Å²) in [6.45, 7) is 0. The number of carbonyl (C=O) groups excluding carboxylic acids is 1. The monoisotopic (exact) mass is 335 g/mol. The Balaban J connectivity index is 1.98. The van der Waals surface area contributed by atoms with Gasteiger partial charge in [-0.1, -0.05) is 12.1 Å². The van der Waals surface area contributed by atoms with E-state index in [2.05, 4.69) is 25.7 Å².